The van der Waals surface area contributed by atoms with Gasteiger partial charge in [0, 0.05) is 29.7 Å². The van der Waals surface area contributed by atoms with Crippen molar-refractivity contribution < 1.29 is 0 Å². The van der Waals surface area contributed by atoms with Gasteiger partial charge < -0.3 is 11.1 Å². The van der Waals surface area contributed by atoms with Gasteiger partial charge in [-0.05, 0) is 12.8 Å². The molecule has 3 N–H and O–H groups in total. The fraction of sp³-hybridized carbons (Fsp3) is 0.700. The van der Waals surface area contributed by atoms with Crippen LogP contribution in [-0.2, 0) is 6.54 Å². The molecule has 2 atom stereocenters. The van der Waals surface area contributed by atoms with Crippen molar-refractivity contribution >= 4 is 22.9 Å². The first-order valence-corrected chi connectivity index (χ1v) is 6.54. The molecule has 0 aliphatic heterocycles. The second kappa shape index (κ2) is 5.25. The third-order valence-electron chi connectivity index (χ3n) is 2.88. The lowest BCUT2D eigenvalue weighted by Crippen LogP contribution is -2.46. The third kappa shape index (κ3) is 3.14. The number of thiazole rings is 1. The minimum atomic E-state index is 0.308. The van der Waals surface area contributed by atoms with Crippen LogP contribution in [0.15, 0.2) is 6.20 Å². The molecule has 1 aliphatic carbocycles. The van der Waals surface area contributed by atoms with Crippen LogP contribution < -0.4 is 11.1 Å². The number of nitrogens with two attached hydrogens (primary N) is 1. The average molecular weight is 246 g/mol. The normalized spacial score (nSPS) is 26.8. The SMILES string of the molecule is N[C@H]1CCCC[C@@H]1NCc1cnc(Cl)s1. The van der Waals surface area contributed by atoms with Crippen molar-refractivity contribution in [3.8, 4) is 0 Å². The van der Waals surface area contributed by atoms with Gasteiger partial charge in [0.2, 0.25) is 0 Å². The zero-order valence-electron chi connectivity index (χ0n) is 8.58. The van der Waals surface area contributed by atoms with Gasteiger partial charge in [-0.2, -0.15) is 0 Å². The van der Waals surface area contributed by atoms with Crippen LogP contribution in [0.2, 0.25) is 4.47 Å². The van der Waals surface area contributed by atoms with Crippen molar-refractivity contribution in [2.45, 2.75) is 44.3 Å². The first-order valence-electron chi connectivity index (χ1n) is 5.35. The number of nitrogens with zero attached hydrogens (tertiary/aromatic N) is 1. The van der Waals surface area contributed by atoms with E-state index in [1.165, 1.54) is 35.5 Å². The van der Waals surface area contributed by atoms with E-state index in [-0.39, 0.29) is 0 Å². The molecule has 1 aliphatic rings. The Morgan fingerprint density at radius 2 is 2.33 bits per heavy atom. The standard InChI is InChI=1S/C10H16ClN3S/c11-10-14-6-7(15-10)5-13-9-4-2-1-3-8(9)12/h6,8-9,13H,1-5,12H2/t8-,9-/m0/s1. The molecule has 5 heteroatoms. The first kappa shape index (κ1) is 11.3. The molecule has 0 radical (unpaired) electrons. The predicted octanol–water partition coefficient (Wildman–Crippen LogP) is 2.16. The molecule has 0 bridgehead atoms. The zero-order valence-corrected chi connectivity index (χ0v) is 10.2. The van der Waals surface area contributed by atoms with E-state index in [2.05, 4.69) is 10.3 Å². The van der Waals surface area contributed by atoms with Crippen LogP contribution in [0.1, 0.15) is 30.6 Å². The highest BCUT2D eigenvalue weighted by Crippen LogP contribution is 2.20. The topological polar surface area (TPSA) is 50.9 Å². The van der Waals surface area contributed by atoms with Crippen LogP contribution in [0.25, 0.3) is 0 Å². The van der Waals surface area contributed by atoms with Gasteiger partial charge in [0.15, 0.2) is 4.47 Å². The summed E-state index contributed by atoms with van der Waals surface area (Å²) < 4.78 is 0.611. The number of hydrogen-bond acceptors (Lipinski definition) is 4. The van der Waals surface area contributed by atoms with Crippen molar-refractivity contribution in [1.82, 2.24) is 10.3 Å². The van der Waals surface area contributed by atoms with E-state index in [4.69, 9.17) is 17.3 Å². The summed E-state index contributed by atoms with van der Waals surface area (Å²) in [6.07, 6.45) is 6.71. The van der Waals surface area contributed by atoms with Gasteiger partial charge >= 0.3 is 0 Å². The molecule has 1 heterocycles. The van der Waals surface area contributed by atoms with Gasteiger partial charge in [-0.25, -0.2) is 4.98 Å². The second-order valence-electron chi connectivity index (χ2n) is 4.02. The summed E-state index contributed by atoms with van der Waals surface area (Å²) in [6, 6.07) is 0.766. The maximum absolute atomic E-state index is 6.05. The predicted molar refractivity (Wildman–Crippen MR) is 64.2 cm³/mol. The molecule has 1 aromatic rings. The van der Waals surface area contributed by atoms with Gasteiger partial charge in [-0.3, -0.25) is 0 Å². The zero-order chi connectivity index (χ0) is 10.7. The van der Waals surface area contributed by atoms with E-state index < -0.39 is 0 Å². The molecular formula is C10H16ClN3S. The lowest BCUT2D eigenvalue weighted by atomic mass is 9.91. The highest BCUT2D eigenvalue weighted by Gasteiger charge is 2.20. The Morgan fingerprint density at radius 1 is 1.53 bits per heavy atom. The number of nitrogens with one attached hydrogen (secondary N) is 1. The van der Waals surface area contributed by atoms with Crippen LogP contribution in [-0.4, -0.2) is 17.1 Å². The van der Waals surface area contributed by atoms with E-state index in [1.807, 2.05) is 6.20 Å². The molecule has 0 spiro atoms. The summed E-state index contributed by atoms with van der Waals surface area (Å²) in [5, 5.41) is 3.49. The molecule has 0 aromatic carbocycles. The maximum Gasteiger partial charge on any atom is 0.183 e. The average Bonchev–Trinajstić information content (AvgIpc) is 2.63. The highest BCUT2D eigenvalue weighted by atomic mass is 35.5. The van der Waals surface area contributed by atoms with Crippen LogP contribution in [0.5, 0.6) is 0 Å². The summed E-state index contributed by atoms with van der Waals surface area (Å²) in [5.74, 6) is 0. The van der Waals surface area contributed by atoms with Gasteiger partial charge in [0.1, 0.15) is 0 Å². The molecule has 3 nitrogen and oxygen atoms in total. The summed E-state index contributed by atoms with van der Waals surface area (Å²) in [6.45, 7) is 0.836. The number of aromatic nitrogens is 1. The maximum atomic E-state index is 6.05. The smallest absolute Gasteiger partial charge is 0.183 e. The Bertz CT molecular complexity index is 315. The van der Waals surface area contributed by atoms with E-state index in [1.54, 1.807) is 0 Å². The van der Waals surface area contributed by atoms with Gasteiger partial charge in [-0.1, -0.05) is 24.4 Å². The first-order chi connectivity index (χ1) is 7.25. The quantitative estimate of drug-likeness (QED) is 0.858. The summed E-state index contributed by atoms with van der Waals surface area (Å²) >= 11 is 7.29. The molecule has 1 saturated carbocycles. The Kier molecular flexibility index (Phi) is 3.97. The lowest BCUT2D eigenvalue weighted by molar-refractivity contribution is 0.327. The third-order valence-corrected chi connectivity index (χ3v) is 4.00. The van der Waals surface area contributed by atoms with E-state index in [0.29, 0.717) is 16.6 Å². The van der Waals surface area contributed by atoms with Crippen LogP contribution in [0.3, 0.4) is 0 Å². The Labute approximate surface area is 99.0 Å². The van der Waals surface area contributed by atoms with Crippen LogP contribution in [0, 0.1) is 0 Å². The van der Waals surface area contributed by atoms with Crippen molar-refractivity contribution in [2.24, 2.45) is 5.73 Å². The van der Waals surface area contributed by atoms with Crippen LogP contribution in [0.4, 0.5) is 0 Å². The van der Waals surface area contributed by atoms with Crippen molar-refractivity contribution in [1.29, 1.82) is 0 Å². The lowest BCUT2D eigenvalue weighted by Gasteiger charge is -2.29. The molecule has 84 valence electrons. The number of rotatable bonds is 3. The van der Waals surface area contributed by atoms with E-state index >= 15 is 0 Å². The molecule has 15 heavy (non-hydrogen) atoms. The van der Waals surface area contributed by atoms with Gasteiger partial charge in [-0.15, -0.1) is 11.3 Å². The molecule has 0 amide bonds. The molecule has 1 aromatic heterocycles. The Morgan fingerprint density at radius 3 is 3.00 bits per heavy atom. The Balaban J connectivity index is 1.81. The van der Waals surface area contributed by atoms with Crippen molar-refractivity contribution in [2.75, 3.05) is 0 Å². The van der Waals surface area contributed by atoms with Gasteiger partial charge in [0.05, 0.1) is 0 Å². The number of halogens is 1. The highest BCUT2D eigenvalue weighted by molar-refractivity contribution is 7.15. The molecule has 1 fully saturated rings. The van der Waals surface area contributed by atoms with Gasteiger partial charge in [0.25, 0.3) is 0 Å². The fourth-order valence-corrected chi connectivity index (χ4v) is 2.94. The molecule has 2 rings (SSSR count). The second-order valence-corrected chi connectivity index (χ2v) is 5.71. The number of hydrogen-bond donors (Lipinski definition) is 2. The summed E-state index contributed by atoms with van der Waals surface area (Å²) in [5.41, 5.74) is 6.05. The van der Waals surface area contributed by atoms with E-state index in [0.717, 1.165) is 13.0 Å². The minimum absolute atomic E-state index is 0.308. The molecule has 0 unspecified atom stereocenters. The monoisotopic (exact) mass is 245 g/mol. The molecular weight excluding hydrogens is 230 g/mol. The summed E-state index contributed by atoms with van der Waals surface area (Å²) in [4.78, 5) is 5.19. The van der Waals surface area contributed by atoms with E-state index in [9.17, 15) is 0 Å². The van der Waals surface area contributed by atoms with Crippen molar-refractivity contribution in [3.63, 3.8) is 0 Å². The largest absolute Gasteiger partial charge is 0.326 e. The fourth-order valence-electron chi connectivity index (χ4n) is 2.01. The van der Waals surface area contributed by atoms with Crippen LogP contribution >= 0.6 is 22.9 Å². The Hall–Kier alpha value is -0.160. The van der Waals surface area contributed by atoms with Crippen molar-refractivity contribution in [3.05, 3.63) is 15.5 Å². The molecule has 0 saturated heterocycles. The summed E-state index contributed by atoms with van der Waals surface area (Å²) in [7, 11) is 0. The minimum Gasteiger partial charge on any atom is -0.326 e.